The molecule has 4 heteroatoms. The van der Waals surface area contributed by atoms with Crippen LogP contribution in [0.4, 0.5) is 0 Å². The molecule has 0 aliphatic rings. The van der Waals surface area contributed by atoms with Gasteiger partial charge in [0.2, 0.25) is 0 Å². The minimum atomic E-state index is 0.627. The van der Waals surface area contributed by atoms with Crippen LogP contribution in [0.1, 0.15) is 5.56 Å². The molecule has 3 aromatic heterocycles. The number of hydrogen-bond donors (Lipinski definition) is 0. The lowest BCUT2D eigenvalue weighted by molar-refractivity contribution is 0.669. The number of fused-ring (bicyclic) bond motifs is 9. The maximum atomic E-state index is 9.52. The van der Waals surface area contributed by atoms with Gasteiger partial charge in [-0.2, -0.15) is 5.26 Å². The van der Waals surface area contributed by atoms with Crippen LogP contribution in [-0.4, -0.2) is 9.13 Å². The molecule has 0 atom stereocenters. The smallest absolute Gasteiger partial charge is 0.137 e. The molecule has 10 rings (SSSR count). The number of aromatic nitrogens is 2. The average molecular weight is 600 g/mol. The van der Waals surface area contributed by atoms with Crippen LogP contribution in [0.25, 0.3) is 88.1 Å². The molecular formula is C43H25N3O. The highest BCUT2D eigenvalue weighted by molar-refractivity contribution is 6.17. The summed E-state index contributed by atoms with van der Waals surface area (Å²) in [5, 5.41) is 16.3. The number of nitriles is 1. The molecule has 218 valence electrons. The van der Waals surface area contributed by atoms with Crippen molar-refractivity contribution in [2.45, 2.75) is 0 Å². The summed E-state index contributed by atoms with van der Waals surface area (Å²) in [4.78, 5) is 0. The second-order valence-corrected chi connectivity index (χ2v) is 12.1. The number of rotatable bonds is 3. The number of para-hydroxylation sites is 3. The third kappa shape index (κ3) is 3.75. The molecule has 0 unspecified atom stereocenters. The Labute approximate surface area is 269 Å². The Hall–Kier alpha value is -6.57. The van der Waals surface area contributed by atoms with Gasteiger partial charge in [-0.15, -0.1) is 0 Å². The van der Waals surface area contributed by atoms with Crippen LogP contribution in [-0.2, 0) is 0 Å². The van der Waals surface area contributed by atoms with Gasteiger partial charge >= 0.3 is 0 Å². The van der Waals surface area contributed by atoms with E-state index in [9.17, 15) is 5.26 Å². The molecule has 0 saturated carbocycles. The lowest BCUT2D eigenvalue weighted by Crippen LogP contribution is -1.96. The van der Waals surface area contributed by atoms with E-state index in [4.69, 9.17) is 4.42 Å². The van der Waals surface area contributed by atoms with Gasteiger partial charge in [-0.05, 0) is 77.9 Å². The molecule has 0 radical (unpaired) electrons. The fraction of sp³-hybridized carbons (Fsp3) is 0. The lowest BCUT2D eigenvalue weighted by atomic mass is 10.0. The first-order valence-corrected chi connectivity index (χ1v) is 15.7. The van der Waals surface area contributed by atoms with Gasteiger partial charge in [-0.3, -0.25) is 0 Å². The molecule has 10 aromatic rings. The summed E-state index contributed by atoms with van der Waals surface area (Å²) in [7, 11) is 0. The Bertz CT molecular complexity index is 2880. The number of benzene rings is 7. The van der Waals surface area contributed by atoms with Crippen molar-refractivity contribution in [3.05, 3.63) is 157 Å². The molecule has 7 aromatic carbocycles. The number of nitrogens with zero attached hydrogens (tertiary/aromatic N) is 3. The van der Waals surface area contributed by atoms with Gasteiger partial charge in [0.1, 0.15) is 11.2 Å². The summed E-state index contributed by atoms with van der Waals surface area (Å²) >= 11 is 0. The third-order valence-electron chi connectivity index (χ3n) is 9.51. The summed E-state index contributed by atoms with van der Waals surface area (Å²) in [5.74, 6) is 0. The number of furan rings is 1. The van der Waals surface area contributed by atoms with Gasteiger partial charge in [0.05, 0.1) is 33.7 Å². The highest BCUT2D eigenvalue weighted by Crippen LogP contribution is 2.39. The lowest BCUT2D eigenvalue weighted by Gasteiger charge is -2.12. The summed E-state index contributed by atoms with van der Waals surface area (Å²) in [6.45, 7) is 0. The van der Waals surface area contributed by atoms with E-state index in [2.05, 4.69) is 149 Å². The van der Waals surface area contributed by atoms with Crippen molar-refractivity contribution < 1.29 is 4.42 Å². The summed E-state index contributed by atoms with van der Waals surface area (Å²) in [6.07, 6.45) is 0. The molecule has 4 nitrogen and oxygen atoms in total. The summed E-state index contributed by atoms with van der Waals surface area (Å²) in [6, 6.07) is 55.6. The molecule has 47 heavy (non-hydrogen) atoms. The Kier molecular flexibility index (Phi) is 5.32. The number of hydrogen-bond acceptors (Lipinski definition) is 2. The van der Waals surface area contributed by atoms with Crippen LogP contribution in [0.15, 0.2) is 156 Å². The molecule has 0 aliphatic heterocycles. The zero-order valence-corrected chi connectivity index (χ0v) is 25.2. The summed E-state index contributed by atoms with van der Waals surface area (Å²) < 4.78 is 11.0. The Morgan fingerprint density at radius 1 is 0.404 bits per heavy atom. The van der Waals surface area contributed by atoms with Crippen molar-refractivity contribution in [1.82, 2.24) is 9.13 Å². The van der Waals surface area contributed by atoms with Crippen molar-refractivity contribution in [3.63, 3.8) is 0 Å². The van der Waals surface area contributed by atoms with E-state index in [0.29, 0.717) is 5.56 Å². The Balaban J connectivity index is 1.16. The summed E-state index contributed by atoms with van der Waals surface area (Å²) in [5.41, 5.74) is 11.3. The van der Waals surface area contributed by atoms with Crippen molar-refractivity contribution in [2.24, 2.45) is 0 Å². The molecule has 0 aliphatic carbocycles. The van der Waals surface area contributed by atoms with Crippen LogP contribution in [0.3, 0.4) is 0 Å². The van der Waals surface area contributed by atoms with Crippen LogP contribution in [0, 0.1) is 11.3 Å². The van der Waals surface area contributed by atoms with Gasteiger partial charge in [-0.1, -0.05) is 78.9 Å². The largest absolute Gasteiger partial charge is 0.456 e. The first-order valence-electron chi connectivity index (χ1n) is 15.7. The zero-order valence-electron chi connectivity index (χ0n) is 25.2. The van der Waals surface area contributed by atoms with Crippen molar-refractivity contribution in [3.8, 4) is 28.6 Å². The zero-order chi connectivity index (χ0) is 31.1. The highest BCUT2D eigenvalue weighted by Gasteiger charge is 2.17. The maximum Gasteiger partial charge on any atom is 0.137 e. The van der Waals surface area contributed by atoms with E-state index in [1.165, 1.54) is 27.2 Å². The van der Waals surface area contributed by atoms with Crippen molar-refractivity contribution in [2.75, 3.05) is 0 Å². The van der Waals surface area contributed by atoms with Crippen molar-refractivity contribution in [1.29, 1.82) is 5.26 Å². The van der Waals surface area contributed by atoms with E-state index >= 15 is 0 Å². The fourth-order valence-corrected chi connectivity index (χ4v) is 7.44. The first kappa shape index (κ1) is 25.7. The van der Waals surface area contributed by atoms with Gasteiger partial charge in [0, 0.05) is 49.8 Å². The van der Waals surface area contributed by atoms with Gasteiger partial charge in [0.15, 0.2) is 0 Å². The monoisotopic (exact) mass is 599 g/mol. The molecule has 0 bridgehead atoms. The predicted octanol–water partition coefficient (Wildman–Crippen LogP) is 11.3. The molecule has 0 fully saturated rings. The molecular weight excluding hydrogens is 574 g/mol. The minimum absolute atomic E-state index is 0.627. The maximum absolute atomic E-state index is 9.52. The van der Waals surface area contributed by atoms with E-state index in [0.717, 1.165) is 60.9 Å². The first-order chi connectivity index (χ1) is 23.2. The molecule has 0 saturated heterocycles. The van der Waals surface area contributed by atoms with E-state index in [1.807, 2.05) is 18.2 Å². The molecule has 3 heterocycles. The van der Waals surface area contributed by atoms with Gasteiger partial charge in [-0.25, -0.2) is 0 Å². The van der Waals surface area contributed by atoms with Gasteiger partial charge in [0.25, 0.3) is 0 Å². The van der Waals surface area contributed by atoms with Crippen LogP contribution >= 0.6 is 0 Å². The van der Waals surface area contributed by atoms with E-state index < -0.39 is 0 Å². The Morgan fingerprint density at radius 3 is 1.53 bits per heavy atom. The highest BCUT2D eigenvalue weighted by atomic mass is 16.3. The second kappa shape index (κ2) is 9.71. The van der Waals surface area contributed by atoms with Crippen LogP contribution in [0.2, 0.25) is 0 Å². The van der Waals surface area contributed by atoms with E-state index in [-0.39, 0.29) is 0 Å². The van der Waals surface area contributed by atoms with E-state index in [1.54, 1.807) is 0 Å². The molecule has 0 spiro atoms. The normalized spacial score (nSPS) is 11.8. The fourth-order valence-electron chi connectivity index (χ4n) is 7.44. The van der Waals surface area contributed by atoms with Crippen LogP contribution in [0.5, 0.6) is 0 Å². The standard InChI is InChI=1S/C43H25N3O/c44-26-27-19-20-42-36(21-27)37-24-35-34-15-3-6-18-40(34)46(41(35)25-43(37)47-42)31-12-8-10-29(23-31)28-9-7-11-30(22-28)45-38-16-4-1-13-32(38)33-14-2-5-17-39(33)45/h1-25H. The third-order valence-corrected chi connectivity index (χ3v) is 9.51. The molecule has 0 N–H and O–H groups in total. The van der Waals surface area contributed by atoms with Crippen molar-refractivity contribution >= 4 is 65.6 Å². The SMILES string of the molecule is N#Cc1ccc2oc3cc4c(cc3c2c1)c1ccccc1n4-c1cccc(-c2cccc(-n3c4ccccc4c4ccccc43)c2)c1. The quantitative estimate of drug-likeness (QED) is 0.203. The second-order valence-electron chi connectivity index (χ2n) is 12.1. The Morgan fingerprint density at radius 2 is 0.936 bits per heavy atom. The molecule has 0 amide bonds. The minimum Gasteiger partial charge on any atom is -0.456 e. The average Bonchev–Trinajstić information content (AvgIpc) is 3.77. The topological polar surface area (TPSA) is 46.8 Å². The predicted molar refractivity (Wildman–Crippen MR) is 193 cm³/mol. The van der Waals surface area contributed by atoms with Gasteiger partial charge < -0.3 is 13.6 Å². The van der Waals surface area contributed by atoms with Crippen LogP contribution < -0.4 is 0 Å².